The third-order valence-electron chi connectivity index (χ3n) is 1.56. The molecule has 10 heavy (non-hydrogen) atoms. The van der Waals surface area contributed by atoms with E-state index < -0.39 is 0 Å². The summed E-state index contributed by atoms with van der Waals surface area (Å²) < 4.78 is 0. The number of hydrogen-bond acceptors (Lipinski definition) is 2. The Balaban J connectivity index is 3.13. The summed E-state index contributed by atoms with van der Waals surface area (Å²) in [6, 6.07) is 0. The van der Waals surface area contributed by atoms with Crippen molar-refractivity contribution >= 4 is 23.5 Å². The molecule has 0 radical (unpaired) electrons. The molecule has 0 aromatic carbocycles. The van der Waals surface area contributed by atoms with Crippen molar-refractivity contribution in [3.05, 3.63) is 0 Å². The molecule has 0 aromatic heterocycles. The highest BCUT2D eigenvalue weighted by atomic mass is 32.2. The van der Waals surface area contributed by atoms with Crippen molar-refractivity contribution in [1.29, 1.82) is 0 Å². The summed E-state index contributed by atoms with van der Waals surface area (Å²) >= 11 is 4.09. The molecule has 0 amide bonds. The minimum absolute atomic E-state index is 0.819. The van der Waals surface area contributed by atoms with Crippen LogP contribution in [0.4, 0.5) is 0 Å². The van der Waals surface area contributed by atoms with Crippen LogP contribution < -0.4 is 0 Å². The van der Waals surface area contributed by atoms with Crippen LogP contribution in [0.25, 0.3) is 0 Å². The number of hydrogen-bond donors (Lipinski definition) is 0. The van der Waals surface area contributed by atoms with Gasteiger partial charge in [-0.3, -0.25) is 0 Å². The maximum Gasteiger partial charge on any atom is 0.0394 e. The second-order valence-corrected chi connectivity index (χ2v) is 5.73. The fourth-order valence-corrected chi connectivity index (χ4v) is 2.73. The second kappa shape index (κ2) is 6.41. The summed E-state index contributed by atoms with van der Waals surface area (Å²) in [7, 11) is 0. The number of thioether (sulfide) groups is 2. The first-order chi connectivity index (χ1) is 4.68. The molecule has 0 aliphatic carbocycles. The van der Waals surface area contributed by atoms with Gasteiger partial charge in [0.25, 0.3) is 0 Å². The van der Waals surface area contributed by atoms with Crippen LogP contribution in [0, 0.1) is 5.92 Å². The smallest absolute Gasteiger partial charge is 0.0394 e. The Kier molecular flexibility index (Phi) is 6.86. The van der Waals surface area contributed by atoms with Gasteiger partial charge in [-0.25, -0.2) is 0 Å². The molecule has 0 rings (SSSR count). The molecule has 0 aliphatic rings. The standard InChI is InChI=1S/C8H18S2/c1-5-9-6-10-8(4)7(2)3/h7-8H,5-6H2,1-4H3. The first kappa shape index (κ1) is 10.7. The van der Waals surface area contributed by atoms with E-state index in [1.54, 1.807) is 0 Å². The normalized spacial score (nSPS) is 14.1. The van der Waals surface area contributed by atoms with E-state index in [0.717, 1.165) is 11.2 Å². The van der Waals surface area contributed by atoms with Crippen molar-refractivity contribution in [2.24, 2.45) is 5.92 Å². The van der Waals surface area contributed by atoms with E-state index >= 15 is 0 Å². The average Bonchev–Trinajstić information content (AvgIpc) is 1.88. The zero-order valence-corrected chi connectivity index (χ0v) is 9.02. The molecule has 0 N–H and O–H groups in total. The van der Waals surface area contributed by atoms with E-state index in [1.165, 1.54) is 10.8 Å². The lowest BCUT2D eigenvalue weighted by molar-refractivity contribution is 0.643. The summed E-state index contributed by atoms with van der Waals surface area (Å²) in [4.78, 5) is 0. The average molecular weight is 178 g/mol. The van der Waals surface area contributed by atoms with Crippen molar-refractivity contribution in [1.82, 2.24) is 0 Å². The van der Waals surface area contributed by atoms with Crippen molar-refractivity contribution in [3.63, 3.8) is 0 Å². The van der Waals surface area contributed by atoms with Crippen molar-refractivity contribution < 1.29 is 0 Å². The predicted octanol–water partition coefficient (Wildman–Crippen LogP) is 3.47. The highest BCUT2D eigenvalue weighted by Crippen LogP contribution is 2.22. The Labute approximate surface area is 73.5 Å². The van der Waals surface area contributed by atoms with Crippen LogP contribution in [-0.2, 0) is 0 Å². The molecule has 0 nitrogen and oxygen atoms in total. The molecule has 0 saturated heterocycles. The zero-order valence-electron chi connectivity index (χ0n) is 7.39. The van der Waals surface area contributed by atoms with Gasteiger partial charge in [-0.1, -0.05) is 27.7 Å². The van der Waals surface area contributed by atoms with Crippen molar-refractivity contribution in [2.45, 2.75) is 32.9 Å². The number of rotatable bonds is 5. The second-order valence-electron chi connectivity index (χ2n) is 2.73. The van der Waals surface area contributed by atoms with Gasteiger partial charge >= 0.3 is 0 Å². The fraction of sp³-hybridized carbons (Fsp3) is 1.00. The molecule has 0 aliphatic heterocycles. The van der Waals surface area contributed by atoms with Crippen LogP contribution >= 0.6 is 23.5 Å². The van der Waals surface area contributed by atoms with Gasteiger partial charge in [0.1, 0.15) is 0 Å². The minimum atomic E-state index is 0.819. The maximum atomic E-state index is 2.31. The van der Waals surface area contributed by atoms with Gasteiger partial charge in [-0.15, -0.1) is 11.8 Å². The predicted molar refractivity (Wildman–Crippen MR) is 54.9 cm³/mol. The van der Waals surface area contributed by atoms with Crippen LogP contribution in [0.1, 0.15) is 27.7 Å². The molecular formula is C8H18S2. The van der Waals surface area contributed by atoms with E-state index in [9.17, 15) is 0 Å². The molecule has 0 fully saturated rings. The molecule has 2 heteroatoms. The molecule has 0 bridgehead atoms. The molecule has 0 heterocycles. The van der Waals surface area contributed by atoms with Crippen LogP contribution in [0.2, 0.25) is 0 Å². The lowest BCUT2D eigenvalue weighted by Gasteiger charge is -2.13. The topological polar surface area (TPSA) is 0 Å². The maximum absolute atomic E-state index is 2.31. The van der Waals surface area contributed by atoms with Crippen LogP contribution in [-0.4, -0.2) is 16.1 Å². The van der Waals surface area contributed by atoms with Gasteiger partial charge in [-0.05, 0) is 11.7 Å². The van der Waals surface area contributed by atoms with Gasteiger partial charge in [0.15, 0.2) is 0 Å². The van der Waals surface area contributed by atoms with Crippen LogP contribution in [0.5, 0.6) is 0 Å². The largest absolute Gasteiger partial charge is 0.151 e. The monoisotopic (exact) mass is 178 g/mol. The Morgan fingerprint density at radius 2 is 1.80 bits per heavy atom. The first-order valence-electron chi connectivity index (χ1n) is 3.87. The quantitative estimate of drug-likeness (QED) is 0.467. The van der Waals surface area contributed by atoms with E-state index in [-0.39, 0.29) is 0 Å². The minimum Gasteiger partial charge on any atom is -0.151 e. The SMILES string of the molecule is CCSCSC(C)C(C)C. The van der Waals surface area contributed by atoms with Crippen LogP contribution in [0.15, 0.2) is 0 Å². The van der Waals surface area contributed by atoms with E-state index in [0.29, 0.717) is 0 Å². The van der Waals surface area contributed by atoms with E-state index in [1.807, 2.05) is 11.8 Å². The zero-order chi connectivity index (χ0) is 7.98. The van der Waals surface area contributed by atoms with Gasteiger partial charge in [-0.2, -0.15) is 11.8 Å². The lowest BCUT2D eigenvalue weighted by atomic mass is 10.2. The van der Waals surface area contributed by atoms with Gasteiger partial charge in [0.05, 0.1) is 0 Å². The van der Waals surface area contributed by atoms with E-state index in [4.69, 9.17) is 0 Å². The van der Waals surface area contributed by atoms with Crippen LogP contribution in [0.3, 0.4) is 0 Å². The molecule has 0 spiro atoms. The Morgan fingerprint density at radius 3 is 2.20 bits per heavy atom. The molecule has 1 atom stereocenters. The molecule has 0 saturated carbocycles. The first-order valence-corrected chi connectivity index (χ1v) is 6.08. The summed E-state index contributed by atoms with van der Waals surface area (Å²) in [5.74, 6) is 2.07. The Morgan fingerprint density at radius 1 is 1.20 bits per heavy atom. The Hall–Kier alpha value is 0.700. The van der Waals surface area contributed by atoms with Gasteiger partial charge in [0.2, 0.25) is 0 Å². The highest BCUT2D eigenvalue weighted by Gasteiger charge is 2.05. The molecule has 0 aromatic rings. The third-order valence-corrected chi connectivity index (χ3v) is 4.25. The summed E-state index contributed by atoms with van der Waals surface area (Å²) in [5.41, 5.74) is 0. The fourth-order valence-electron chi connectivity index (χ4n) is 0.431. The van der Waals surface area contributed by atoms with Crippen molar-refractivity contribution in [2.75, 3.05) is 10.8 Å². The highest BCUT2D eigenvalue weighted by molar-refractivity contribution is 8.16. The molecule has 1 unspecified atom stereocenters. The third kappa shape index (κ3) is 5.48. The Bertz CT molecular complexity index is 71.7. The summed E-state index contributed by atoms with van der Waals surface area (Å²) in [5, 5.41) is 2.08. The molecular weight excluding hydrogens is 160 g/mol. The lowest BCUT2D eigenvalue weighted by Crippen LogP contribution is -2.05. The van der Waals surface area contributed by atoms with Crippen molar-refractivity contribution in [3.8, 4) is 0 Å². The molecule has 62 valence electrons. The van der Waals surface area contributed by atoms with Gasteiger partial charge in [0, 0.05) is 10.3 Å². The summed E-state index contributed by atoms with van der Waals surface area (Å²) in [6.07, 6.45) is 0. The summed E-state index contributed by atoms with van der Waals surface area (Å²) in [6.45, 7) is 9.10. The van der Waals surface area contributed by atoms with E-state index in [2.05, 4.69) is 39.5 Å². The van der Waals surface area contributed by atoms with Gasteiger partial charge < -0.3 is 0 Å².